The topological polar surface area (TPSA) is 59.4 Å². The van der Waals surface area contributed by atoms with E-state index in [9.17, 15) is 4.79 Å². The molecule has 0 saturated carbocycles. The Morgan fingerprint density at radius 2 is 1.77 bits per heavy atom. The molecule has 0 aliphatic carbocycles. The predicted molar refractivity (Wildman–Crippen MR) is 83.9 cm³/mol. The molecule has 0 atom stereocenters. The van der Waals surface area contributed by atoms with Crippen molar-refractivity contribution >= 4 is 16.9 Å². The molecule has 0 unspecified atom stereocenters. The van der Waals surface area contributed by atoms with E-state index in [1.54, 1.807) is 18.2 Å². The van der Waals surface area contributed by atoms with Gasteiger partial charge in [0.25, 0.3) is 0 Å². The second-order valence-corrected chi connectivity index (χ2v) is 4.96. The Morgan fingerprint density at radius 1 is 1.00 bits per heavy atom. The van der Waals surface area contributed by atoms with Gasteiger partial charge in [-0.3, -0.25) is 4.79 Å². The van der Waals surface area contributed by atoms with Crippen molar-refractivity contribution in [3.05, 3.63) is 71.9 Å². The van der Waals surface area contributed by atoms with Crippen LogP contribution in [0.25, 0.3) is 10.9 Å². The van der Waals surface area contributed by atoms with E-state index in [0.717, 1.165) is 16.6 Å². The zero-order chi connectivity index (χ0) is 15.4. The fourth-order valence-corrected chi connectivity index (χ4v) is 2.29. The number of aromatic nitrogens is 1. The van der Waals surface area contributed by atoms with Crippen molar-refractivity contribution in [2.75, 3.05) is 0 Å². The van der Waals surface area contributed by atoms with Crippen LogP contribution in [0, 0.1) is 0 Å². The Hall–Kier alpha value is -2.88. The van der Waals surface area contributed by atoms with Crippen LogP contribution < -0.4 is 4.74 Å². The quantitative estimate of drug-likeness (QED) is 0.783. The number of fused-ring (bicyclic) bond motifs is 1. The van der Waals surface area contributed by atoms with Gasteiger partial charge in [0.15, 0.2) is 0 Å². The fraction of sp³-hybridized carbons (Fsp3) is 0.111. The van der Waals surface area contributed by atoms with Gasteiger partial charge < -0.3 is 9.84 Å². The number of aliphatic carboxylic acids is 1. The highest BCUT2D eigenvalue weighted by Crippen LogP contribution is 2.20. The van der Waals surface area contributed by atoms with Crippen LogP contribution in [0.5, 0.6) is 5.75 Å². The van der Waals surface area contributed by atoms with E-state index in [1.165, 1.54) is 0 Å². The number of rotatable bonds is 5. The van der Waals surface area contributed by atoms with Crippen LogP contribution in [0.2, 0.25) is 0 Å². The first-order chi connectivity index (χ1) is 10.7. The van der Waals surface area contributed by atoms with Gasteiger partial charge >= 0.3 is 5.97 Å². The van der Waals surface area contributed by atoms with E-state index in [4.69, 9.17) is 9.84 Å². The molecule has 0 amide bonds. The van der Waals surface area contributed by atoms with Crippen LogP contribution in [0.3, 0.4) is 0 Å². The Bertz CT molecular complexity index is 814. The van der Waals surface area contributed by atoms with Crippen molar-refractivity contribution in [2.45, 2.75) is 13.0 Å². The molecule has 3 aromatic rings. The molecule has 22 heavy (non-hydrogen) atoms. The SMILES string of the molecule is O=C(O)Cc1ccccc1OCc1ccc2ccccc2n1. The van der Waals surface area contributed by atoms with Gasteiger partial charge in [0.05, 0.1) is 17.6 Å². The van der Waals surface area contributed by atoms with Gasteiger partial charge in [-0.05, 0) is 18.2 Å². The maximum atomic E-state index is 10.9. The van der Waals surface area contributed by atoms with E-state index < -0.39 is 5.97 Å². The van der Waals surface area contributed by atoms with Gasteiger partial charge in [0, 0.05) is 10.9 Å². The van der Waals surface area contributed by atoms with E-state index in [0.29, 0.717) is 17.9 Å². The van der Waals surface area contributed by atoms with E-state index in [2.05, 4.69) is 4.98 Å². The first-order valence-corrected chi connectivity index (χ1v) is 6.99. The molecule has 0 radical (unpaired) electrons. The molecular weight excluding hydrogens is 278 g/mol. The summed E-state index contributed by atoms with van der Waals surface area (Å²) in [5, 5.41) is 10.0. The van der Waals surface area contributed by atoms with Gasteiger partial charge in [-0.2, -0.15) is 0 Å². The second kappa shape index (κ2) is 6.26. The van der Waals surface area contributed by atoms with Crippen LogP contribution in [0.15, 0.2) is 60.7 Å². The monoisotopic (exact) mass is 293 g/mol. The summed E-state index contributed by atoms with van der Waals surface area (Å²) in [6.45, 7) is 0.307. The van der Waals surface area contributed by atoms with E-state index >= 15 is 0 Å². The number of hydrogen-bond donors (Lipinski definition) is 1. The lowest BCUT2D eigenvalue weighted by molar-refractivity contribution is -0.136. The summed E-state index contributed by atoms with van der Waals surface area (Å²) < 4.78 is 5.75. The summed E-state index contributed by atoms with van der Waals surface area (Å²) in [6.07, 6.45) is -0.0542. The lowest BCUT2D eigenvalue weighted by atomic mass is 10.1. The third-order valence-corrected chi connectivity index (χ3v) is 3.35. The van der Waals surface area contributed by atoms with Crippen LogP contribution in [0.1, 0.15) is 11.3 Å². The summed E-state index contributed by atoms with van der Waals surface area (Å²) in [4.78, 5) is 15.4. The van der Waals surface area contributed by atoms with Crippen molar-refractivity contribution in [1.82, 2.24) is 4.98 Å². The van der Waals surface area contributed by atoms with Crippen molar-refractivity contribution < 1.29 is 14.6 Å². The standard InChI is InChI=1S/C18H15NO3/c20-18(21)11-14-6-2-4-8-17(14)22-12-15-10-9-13-5-1-3-7-16(13)19-15/h1-10H,11-12H2,(H,20,21). The Morgan fingerprint density at radius 3 is 2.64 bits per heavy atom. The molecule has 0 aliphatic heterocycles. The molecule has 3 rings (SSSR count). The molecule has 1 N–H and O–H groups in total. The third kappa shape index (κ3) is 3.23. The average Bonchev–Trinajstić information content (AvgIpc) is 2.53. The third-order valence-electron chi connectivity index (χ3n) is 3.35. The maximum absolute atomic E-state index is 10.9. The number of benzene rings is 2. The highest BCUT2D eigenvalue weighted by atomic mass is 16.5. The number of carboxylic acids is 1. The zero-order valence-corrected chi connectivity index (χ0v) is 11.9. The Labute approximate surface area is 128 Å². The number of hydrogen-bond acceptors (Lipinski definition) is 3. The normalized spacial score (nSPS) is 10.5. The van der Waals surface area contributed by atoms with Crippen LogP contribution in [-0.4, -0.2) is 16.1 Å². The zero-order valence-electron chi connectivity index (χ0n) is 11.9. The molecule has 4 heteroatoms. The Kier molecular flexibility index (Phi) is 4.01. The minimum Gasteiger partial charge on any atom is -0.487 e. The molecule has 1 heterocycles. The van der Waals surface area contributed by atoms with Gasteiger partial charge in [-0.1, -0.05) is 42.5 Å². The molecule has 110 valence electrons. The molecule has 0 saturated heterocycles. The van der Waals surface area contributed by atoms with Crippen molar-refractivity contribution in [3.63, 3.8) is 0 Å². The van der Waals surface area contributed by atoms with Crippen LogP contribution in [0.4, 0.5) is 0 Å². The minimum atomic E-state index is -0.875. The number of carbonyl (C=O) groups is 1. The first-order valence-electron chi connectivity index (χ1n) is 6.99. The number of para-hydroxylation sites is 2. The summed E-state index contributed by atoms with van der Waals surface area (Å²) >= 11 is 0. The van der Waals surface area contributed by atoms with Crippen LogP contribution in [-0.2, 0) is 17.8 Å². The molecule has 0 aliphatic rings. The highest BCUT2D eigenvalue weighted by molar-refractivity contribution is 5.78. The minimum absolute atomic E-state index is 0.0542. The van der Waals surface area contributed by atoms with Gasteiger partial charge in [0.1, 0.15) is 12.4 Å². The van der Waals surface area contributed by atoms with Crippen molar-refractivity contribution in [2.24, 2.45) is 0 Å². The van der Waals surface area contributed by atoms with Gasteiger partial charge in [0.2, 0.25) is 0 Å². The molecule has 0 fully saturated rings. The number of pyridine rings is 1. The van der Waals surface area contributed by atoms with E-state index in [1.807, 2.05) is 42.5 Å². The number of carboxylic acid groups (broad SMARTS) is 1. The van der Waals surface area contributed by atoms with Crippen LogP contribution >= 0.6 is 0 Å². The molecule has 0 spiro atoms. The maximum Gasteiger partial charge on any atom is 0.307 e. The van der Waals surface area contributed by atoms with Crippen molar-refractivity contribution in [1.29, 1.82) is 0 Å². The molecule has 2 aromatic carbocycles. The number of ether oxygens (including phenoxy) is 1. The summed E-state index contributed by atoms with van der Waals surface area (Å²) in [5.74, 6) is -0.292. The smallest absolute Gasteiger partial charge is 0.307 e. The second-order valence-electron chi connectivity index (χ2n) is 4.96. The molecule has 4 nitrogen and oxygen atoms in total. The summed E-state index contributed by atoms with van der Waals surface area (Å²) in [6, 6.07) is 19.0. The average molecular weight is 293 g/mol. The Balaban J connectivity index is 1.77. The lowest BCUT2D eigenvalue weighted by Gasteiger charge is -2.10. The lowest BCUT2D eigenvalue weighted by Crippen LogP contribution is -2.04. The summed E-state index contributed by atoms with van der Waals surface area (Å²) in [7, 11) is 0. The predicted octanol–water partition coefficient (Wildman–Crippen LogP) is 3.44. The summed E-state index contributed by atoms with van der Waals surface area (Å²) in [5.41, 5.74) is 2.39. The van der Waals surface area contributed by atoms with E-state index in [-0.39, 0.29) is 6.42 Å². The molecule has 1 aromatic heterocycles. The molecule has 0 bridgehead atoms. The van der Waals surface area contributed by atoms with Crippen molar-refractivity contribution in [3.8, 4) is 5.75 Å². The van der Waals surface area contributed by atoms with Gasteiger partial charge in [-0.15, -0.1) is 0 Å². The largest absolute Gasteiger partial charge is 0.487 e. The number of nitrogens with zero attached hydrogens (tertiary/aromatic N) is 1. The first kappa shape index (κ1) is 14.1. The fourth-order valence-electron chi connectivity index (χ4n) is 2.29. The molecular formula is C18H15NO3. The highest BCUT2D eigenvalue weighted by Gasteiger charge is 2.08. The van der Waals surface area contributed by atoms with Gasteiger partial charge in [-0.25, -0.2) is 4.98 Å².